The van der Waals surface area contributed by atoms with Crippen LogP contribution < -0.4 is 5.32 Å². The Labute approximate surface area is 165 Å². The molecule has 1 spiro atoms. The number of fused-ring (bicyclic) bond motifs is 2. The molecule has 5 heteroatoms. The molecule has 0 fully saturated rings. The van der Waals surface area contributed by atoms with Crippen molar-refractivity contribution >= 4 is 38.8 Å². The smallest absolute Gasteiger partial charge is 0.160 e. The molecule has 0 bridgehead atoms. The maximum absolute atomic E-state index is 7.00. The lowest BCUT2D eigenvalue weighted by molar-refractivity contribution is 0.229. The fraction of sp³-hybridized carbons (Fsp3) is 0.600. The minimum absolute atomic E-state index is 0.342. The Bertz CT molecular complexity index is 674. The first kappa shape index (κ1) is 20.5. The largest absolute Gasteiger partial charge is 0.400 e. The van der Waals surface area contributed by atoms with Gasteiger partial charge in [0.1, 0.15) is 4.99 Å². The van der Waals surface area contributed by atoms with Crippen molar-refractivity contribution in [1.29, 1.82) is 0 Å². The molecule has 0 saturated heterocycles. The van der Waals surface area contributed by atoms with Crippen molar-refractivity contribution in [2.45, 2.75) is 52.6 Å². The molecule has 1 aliphatic carbocycles. The summed E-state index contributed by atoms with van der Waals surface area (Å²) in [6.07, 6.45) is 3.52. The molecule has 3 unspecified atom stereocenters. The van der Waals surface area contributed by atoms with E-state index in [2.05, 4.69) is 60.2 Å². The summed E-state index contributed by atoms with van der Waals surface area (Å²) in [6, 6.07) is 6.60. The van der Waals surface area contributed by atoms with Crippen LogP contribution >= 0.6 is 28.1 Å². The second kappa shape index (κ2) is 8.28. The molecule has 1 heterocycles. The summed E-state index contributed by atoms with van der Waals surface area (Å²) in [6.45, 7) is 9.00. The number of aliphatic imine (C=N–C) groups is 1. The second-order valence-corrected chi connectivity index (χ2v) is 8.91. The molecular weight excluding hydrogens is 396 g/mol. The number of aliphatic hydroxyl groups is 1. The SMILES string of the molecule is CC1=NC2(NC1=S)c1cc(Br)ccc1CC2CC(C)CC(C)C.CO. The van der Waals surface area contributed by atoms with E-state index in [-0.39, 0.29) is 5.66 Å². The lowest BCUT2D eigenvalue weighted by Crippen LogP contribution is -2.43. The van der Waals surface area contributed by atoms with E-state index < -0.39 is 0 Å². The van der Waals surface area contributed by atoms with Gasteiger partial charge in [-0.3, -0.25) is 4.99 Å². The van der Waals surface area contributed by atoms with Crippen molar-refractivity contribution in [1.82, 2.24) is 5.32 Å². The van der Waals surface area contributed by atoms with Crippen molar-refractivity contribution in [3.05, 3.63) is 33.8 Å². The monoisotopic (exact) mass is 424 g/mol. The van der Waals surface area contributed by atoms with Crippen LogP contribution in [0.25, 0.3) is 0 Å². The zero-order valence-corrected chi connectivity index (χ0v) is 18.2. The average molecular weight is 425 g/mol. The first-order valence-electron chi connectivity index (χ1n) is 8.94. The zero-order valence-electron chi connectivity index (χ0n) is 15.8. The summed E-state index contributed by atoms with van der Waals surface area (Å²) in [5, 5.41) is 10.6. The molecule has 1 aliphatic heterocycles. The Kier molecular flexibility index (Phi) is 6.80. The fourth-order valence-electron chi connectivity index (χ4n) is 4.28. The summed E-state index contributed by atoms with van der Waals surface area (Å²) >= 11 is 9.12. The van der Waals surface area contributed by atoms with Gasteiger partial charge in [-0.05, 0) is 55.7 Å². The Morgan fingerprint density at radius 3 is 2.60 bits per heavy atom. The molecule has 0 radical (unpaired) electrons. The van der Waals surface area contributed by atoms with Gasteiger partial charge in [-0.1, -0.05) is 55.0 Å². The van der Waals surface area contributed by atoms with Crippen molar-refractivity contribution in [3.63, 3.8) is 0 Å². The maximum atomic E-state index is 7.00. The summed E-state index contributed by atoms with van der Waals surface area (Å²) in [5.41, 5.74) is 3.33. The first-order valence-corrected chi connectivity index (χ1v) is 10.1. The second-order valence-electron chi connectivity index (χ2n) is 7.59. The normalized spacial score (nSPS) is 25.4. The van der Waals surface area contributed by atoms with E-state index in [1.165, 1.54) is 24.0 Å². The molecule has 1 aromatic carbocycles. The van der Waals surface area contributed by atoms with E-state index in [0.29, 0.717) is 11.8 Å². The number of hydrogen-bond acceptors (Lipinski definition) is 3. The molecule has 0 amide bonds. The highest BCUT2D eigenvalue weighted by atomic mass is 79.9. The van der Waals surface area contributed by atoms with E-state index in [4.69, 9.17) is 22.3 Å². The Morgan fingerprint density at radius 2 is 2.04 bits per heavy atom. The third kappa shape index (κ3) is 4.15. The van der Waals surface area contributed by atoms with Gasteiger partial charge in [0, 0.05) is 23.1 Å². The topological polar surface area (TPSA) is 44.6 Å². The molecule has 3 atom stereocenters. The van der Waals surface area contributed by atoms with E-state index in [1.807, 2.05) is 6.92 Å². The van der Waals surface area contributed by atoms with Gasteiger partial charge in [0.2, 0.25) is 0 Å². The Hall–Kier alpha value is -0.780. The quantitative estimate of drug-likeness (QED) is 0.678. The highest BCUT2D eigenvalue weighted by Gasteiger charge is 2.50. The molecular formula is C20H29BrN2OS. The van der Waals surface area contributed by atoms with Gasteiger partial charge in [0.05, 0.1) is 5.71 Å². The standard InChI is InChI=1S/C19H25BrN2S.CH4O/c1-11(2)7-12(3)8-15-9-14-5-6-16(20)10-17(14)19(15)21-13(4)18(23)22-19;1-2/h5-6,10-12,15H,7-9H2,1-4H3,(H,22,23);2H,1H3. The Balaban J connectivity index is 0.00000109. The van der Waals surface area contributed by atoms with E-state index >= 15 is 0 Å². The van der Waals surface area contributed by atoms with Crippen molar-refractivity contribution < 1.29 is 5.11 Å². The lowest BCUT2D eigenvalue weighted by Gasteiger charge is -2.32. The zero-order chi connectivity index (χ0) is 18.8. The predicted molar refractivity (Wildman–Crippen MR) is 113 cm³/mol. The molecule has 25 heavy (non-hydrogen) atoms. The van der Waals surface area contributed by atoms with Crippen LogP contribution in [0.5, 0.6) is 0 Å². The van der Waals surface area contributed by atoms with Crippen LogP contribution in [0.15, 0.2) is 27.7 Å². The van der Waals surface area contributed by atoms with Crippen LogP contribution in [-0.4, -0.2) is 22.9 Å². The van der Waals surface area contributed by atoms with E-state index in [1.54, 1.807) is 0 Å². The van der Waals surface area contributed by atoms with Crippen LogP contribution in [0.3, 0.4) is 0 Å². The fourth-order valence-corrected chi connectivity index (χ4v) is 4.85. The van der Waals surface area contributed by atoms with Gasteiger partial charge >= 0.3 is 0 Å². The molecule has 2 aliphatic rings. The van der Waals surface area contributed by atoms with Crippen LogP contribution in [-0.2, 0) is 12.1 Å². The van der Waals surface area contributed by atoms with Gasteiger partial charge in [0.25, 0.3) is 0 Å². The van der Waals surface area contributed by atoms with Crippen LogP contribution in [0, 0.1) is 17.8 Å². The molecule has 1 aromatic rings. The lowest BCUT2D eigenvalue weighted by atomic mass is 9.83. The average Bonchev–Trinajstić information content (AvgIpc) is 2.99. The number of aliphatic hydroxyl groups excluding tert-OH is 1. The number of rotatable bonds is 4. The van der Waals surface area contributed by atoms with Gasteiger partial charge in [-0.2, -0.15) is 0 Å². The number of benzene rings is 1. The van der Waals surface area contributed by atoms with Crippen molar-refractivity contribution in [2.75, 3.05) is 7.11 Å². The maximum Gasteiger partial charge on any atom is 0.160 e. The molecule has 3 nitrogen and oxygen atoms in total. The summed E-state index contributed by atoms with van der Waals surface area (Å²) in [7, 11) is 1.00. The van der Waals surface area contributed by atoms with Gasteiger partial charge in [-0.15, -0.1) is 0 Å². The summed E-state index contributed by atoms with van der Waals surface area (Å²) in [4.78, 5) is 5.85. The van der Waals surface area contributed by atoms with Crippen LogP contribution in [0.1, 0.15) is 51.7 Å². The van der Waals surface area contributed by atoms with Crippen LogP contribution in [0.4, 0.5) is 0 Å². The number of nitrogens with one attached hydrogen (secondary N) is 1. The highest BCUT2D eigenvalue weighted by molar-refractivity contribution is 9.10. The number of nitrogens with zero attached hydrogens (tertiary/aromatic N) is 1. The molecule has 0 saturated carbocycles. The molecule has 2 N–H and O–H groups in total. The van der Waals surface area contributed by atoms with E-state index in [9.17, 15) is 0 Å². The predicted octanol–water partition coefficient (Wildman–Crippen LogP) is 4.85. The number of halogens is 1. The number of hydrogen-bond donors (Lipinski definition) is 2. The van der Waals surface area contributed by atoms with Crippen LogP contribution in [0.2, 0.25) is 0 Å². The highest BCUT2D eigenvalue weighted by Crippen LogP contribution is 2.48. The molecule has 0 aromatic heterocycles. The van der Waals surface area contributed by atoms with E-state index in [0.717, 1.165) is 34.6 Å². The third-order valence-corrected chi connectivity index (χ3v) is 5.97. The summed E-state index contributed by atoms with van der Waals surface area (Å²) < 4.78 is 1.11. The molecule has 3 rings (SSSR count). The van der Waals surface area contributed by atoms with Crippen molar-refractivity contribution in [2.24, 2.45) is 22.7 Å². The minimum atomic E-state index is -0.342. The van der Waals surface area contributed by atoms with Gasteiger partial charge < -0.3 is 10.4 Å². The Morgan fingerprint density at radius 1 is 1.36 bits per heavy atom. The number of thiocarbonyl (C=S) groups is 1. The van der Waals surface area contributed by atoms with Crippen molar-refractivity contribution in [3.8, 4) is 0 Å². The summed E-state index contributed by atoms with van der Waals surface area (Å²) in [5.74, 6) is 1.90. The minimum Gasteiger partial charge on any atom is -0.400 e. The van der Waals surface area contributed by atoms with Gasteiger partial charge in [0.15, 0.2) is 5.66 Å². The first-order chi connectivity index (χ1) is 11.8. The molecule has 138 valence electrons. The third-order valence-electron chi connectivity index (χ3n) is 5.08. The van der Waals surface area contributed by atoms with Gasteiger partial charge in [-0.25, -0.2) is 0 Å².